The first kappa shape index (κ1) is 22.2. The number of fused-ring (bicyclic) bond motifs is 1. The van der Waals surface area contributed by atoms with Crippen LogP contribution in [-0.2, 0) is 14.3 Å². The fourth-order valence-electron chi connectivity index (χ4n) is 4.69. The minimum absolute atomic E-state index is 0.0596. The zero-order valence-corrected chi connectivity index (χ0v) is 20.5. The number of cyclic esters (lactones) is 2. The molecule has 156 valence electrons. The molecular formula is C22H34O3S2Si. The molecule has 6 heteroatoms. The van der Waals surface area contributed by atoms with Crippen LogP contribution in [0.4, 0.5) is 0 Å². The van der Waals surface area contributed by atoms with Gasteiger partial charge in [0.1, 0.15) is 0 Å². The van der Waals surface area contributed by atoms with Gasteiger partial charge in [-0.3, -0.25) is 9.59 Å². The molecule has 3 rings (SSSR count). The summed E-state index contributed by atoms with van der Waals surface area (Å²) in [5, 5.41) is 1.49. The largest absolute Gasteiger partial charge is 0.392 e. The lowest BCUT2D eigenvalue weighted by Crippen LogP contribution is -2.37. The first-order valence-electron chi connectivity index (χ1n) is 10.7. The summed E-state index contributed by atoms with van der Waals surface area (Å²) in [6.45, 7) is 11.5. The van der Waals surface area contributed by atoms with Crippen LogP contribution in [0, 0.1) is 17.8 Å². The molecule has 28 heavy (non-hydrogen) atoms. The van der Waals surface area contributed by atoms with E-state index in [1.807, 2.05) is 23.5 Å². The number of esters is 2. The molecule has 2 saturated heterocycles. The van der Waals surface area contributed by atoms with Gasteiger partial charge in [0.15, 0.2) is 0 Å². The van der Waals surface area contributed by atoms with Crippen LogP contribution in [0.5, 0.6) is 0 Å². The molecule has 0 spiro atoms. The van der Waals surface area contributed by atoms with Crippen LogP contribution in [0.1, 0.15) is 46.0 Å². The van der Waals surface area contributed by atoms with Crippen LogP contribution in [0.15, 0.2) is 22.4 Å². The van der Waals surface area contributed by atoms with E-state index in [4.69, 9.17) is 4.74 Å². The summed E-state index contributed by atoms with van der Waals surface area (Å²) in [7, 11) is -1.66. The van der Waals surface area contributed by atoms with Gasteiger partial charge in [0, 0.05) is 0 Å². The predicted molar refractivity (Wildman–Crippen MR) is 123 cm³/mol. The first-order chi connectivity index (χ1) is 13.3. The Hall–Kier alpha value is -0.463. The van der Waals surface area contributed by atoms with Gasteiger partial charge in [-0.1, -0.05) is 57.6 Å². The van der Waals surface area contributed by atoms with E-state index in [0.29, 0.717) is 4.58 Å². The molecule has 3 atom stereocenters. The molecule has 0 aromatic carbocycles. The van der Waals surface area contributed by atoms with E-state index in [-0.39, 0.29) is 29.7 Å². The van der Waals surface area contributed by atoms with Gasteiger partial charge in [0.25, 0.3) is 0 Å². The van der Waals surface area contributed by atoms with Crippen molar-refractivity contribution in [2.24, 2.45) is 17.8 Å². The summed E-state index contributed by atoms with van der Waals surface area (Å²) in [6.07, 6.45) is 8.17. The molecule has 3 nitrogen and oxygen atoms in total. The number of thioether (sulfide) groups is 2. The zero-order chi connectivity index (χ0) is 20.5. The Balaban J connectivity index is 2.14. The number of unbranched alkanes of at least 4 members (excludes halogenated alkanes) is 2. The minimum Gasteiger partial charge on any atom is -0.392 e. The molecule has 2 fully saturated rings. The summed E-state index contributed by atoms with van der Waals surface area (Å²) in [4.78, 5) is 25.4. The Kier molecular flexibility index (Phi) is 7.25. The normalized spacial score (nSPS) is 30.8. The SMILES string of the molecule is CCCCC/C(=C1/C(C2SCCCS2)=C[C@@H](C)[C@H]2C(=O)OC(=O)[C@@H]12)[Si](C)(C)C. The summed E-state index contributed by atoms with van der Waals surface area (Å²) >= 11 is 4.01. The van der Waals surface area contributed by atoms with E-state index in [2.05, 4.69) is 39.6 Å². The van der Waals surface area contributed by atoms with E-state index >= 15 is 0 Å². The molecular weight excluding hydrogens is 404 g/mol. The molecule has 0 saturated carbocycles. The van der Waals surface area contributed by atoms with Gasteiger partial charge in [0.05, 0.1) is 24.5 Å². The van der Waals surface area contributed by atoms with Gasteiger partial charge >= 0.3 is 11.9 Å². The van der Waals surface area contributed by atoms with Gasteiger partial charge in [-0.05, 0) is 47.8 Å². The minimum atomic E-state index is -1.66. The second-order valence-electron chi connectivity index (χ2n) is 9.25. The third-order valence-corrected chi connectivity index (χ3v) is 11.4. The molecule has 0 aromatic rings. The molecule has 1 aliphatic carbocycles. The molecule has 0 N–H and O–H groups in total. The van der Waals surface area contributed by atoms with Gasteiger partial charge in [-0.2, -0.15) is 0 Å². The van der Waals surface area contributed by atoms with Crippen LogP contribution < -0.4 is 0 Å². The second kappa shape index (κ2) is 9.13. The molecule has 0 amide bonds. The number of ether oxygens (including phenoxy) is 1. The lowest BCUT2D eigenvalue weighted by atomic mass is 9.72. The molecule has 2 aliphatic heterocycles. The Labute approximate surface area is 179 Å². The summed E-state index contributed by atoms with van der Waals surface area (Å²) in [5.41, 5.74) is 2.55. The summed E-state index contributed by atoms with van der Waals surface area (Å²) in [5.74, 6) is 1.07. The number of carbonyl (C=O) groups excluding carboxylic acids is 2. The molecule has 0 unspecified atom stereocenters. The zero-order valence-electron chi connectivity index (χ0n) is 17.9. The monoisotopic (exact) mass is 438 g/mol. The van der Waals surface area contributed by atoms with Crippen LogP contribution in [-0.4, -0.2) is 36.1 Å². The van der Waals surface area contributed by atoms with E-state index in [9.17, 15) is 9.59 Å². The summed E-state index contributed by atoms with van der Waals surface area (Å²) < 4.78 is 5.57. The van der Waals surface area contributed by atoms with Crippen LogP contribution in [0.3, 0.4) is 0 Å². The highest BCUT2D eigenvalue weighted by atomic mass is 32.2. The van der Waals surface area contributed by atoms with Crippen LogP contribution in [0.25, 0.3) is 0 Å². The average molecular weight is 439 g/mol. The molecule has 0 aromatic heterocycles. The van der Waals surface area contributed by atoms with Gasteiger partial charge in [-0.15, -0.1) is 23.5 Å². The van der Waals surface area contributed by atoms with Crippen molar-refractivity contribution in [2.45, 2.75) is 70.2 Å². The third kappa shape index (κ3) is 4.49. The number of hydrogen-bond donors (Lipinski definition) is 0. The molecule has 0 radical (unpaired) electrons. The predicted octanol–water partition coefficient (Wildman–Crippen LogP) is 5.83. The van der Waals surface area contributed by atoms with E-state index in [0.717, 1.165) is 12.8 Å². The van der Waals surface area contributed by atoms with E-state index in [1.54, 1.807) is 0 Å². The highest BCUT2D eigenvalue weighted by Crippen LogP contribution is 2.51. The second-order valence-corrected chi connectivity index (χ2v) is 17.1. The fraction of sp³-hybridized carbons (Fsp3) is 0.727. The maximum atomic E-state index is 12.9. The average Bonchev–Trinajstić information content (AvgIpc) is 2.94. The molecule has 0 bridgehead atoms. The molecule has 3 aliphatic rings. The molecule has 2 heterocycles. The number of hydrogen-bond acceptors (Lipinski definition) is 5. The Morgan fingerprint density at radius 2 is 1.82 bits per heavy atom. The van der Waals surface area contributed by atoms with Crippen molar-refractivity contribution in [2.75, 3.05) is 11.5 Å². The fourth-order valence-corrected chi connectivity index (χ4v) is 9.69. The summed E-state index contributed by atoms with van der Waals surface area (Å²) in [6, 6.07) is 0. The Bertz CT molecular complexity index is 686. The first-order valence-corrected chi connectivity index (χ1v) is 16.3. The van der Waals surface area contributed by atoms with Gasteiger partial charge in [0.2, 0.25) is 0 Å². The smallest absolute Gasteiger partial charge is 0.321 e. The van der Waals surface area contributed by atoms with Crippen molar-refractivity contribution in [1.82, 2.24) is 0 Å². The van der Waals surface area contributed by atoms with Crippen molar-refractivity contribution < 1.29 is 14.3 Å². The number of carbonyl (C=O) groups is 2. The lowest BCUT2D eigenvalue weighted by molar-refractivity contribution is -0.153. The van der Waals surface area contributed by atoms with Gasteiger partial charge < -0.3 is 4.74 Å². The van der Waals surface area contributed by atoms with Crippen LogP contribution >= 0.6 is 23.5 Å². The number of rotatable bonds is 6. The van der Waals surface area contributed by atoms with Crippen molar-refractivity contribution in [3.05, 3.63) is 22.4 Å². The Morgan fingerprint density at radius 1 is 1.14 bits per heavy atom. The Morgan fingerprint density at radius 3 is 2.43 bits per heavy atom. The quantitative estimate of drug-likeness (QED) is 0.226. The van der Waals surface area contributed by atoms with Crippen LogP contribution in [0.2, 0.25) is 19.6 Å². The third-order valence-electron chi connectivity index (χ3n) is 6.06. The maximum Gasteiger partial charge on any atom is 0.321 e. The van der Waals surface area contributed by atoms with Crippen molar-refractivity contribution in [3.8, 4) is 0 Å². The standard InChI is InChI=1S/C22H34O3S2Si/c1-6-7-8-10-16(28(3,4)5)18-15(22-26-11-9-12-27-22)13-14(2)17-19(18)21(24)25-20(17)23/h13-14,17,19,22H,6-12H2,1-5H3/b18-16+/t14-,17-,19-/m1/s1. The van der Waals surface area contributed by atoms with Crippen molar-refractivity contribution in [1.29, 1.82) is 0 Å². The lowest BCUT2D eigenvalue weighted by Gasteiger charge is -2.38. The highest BCUT2D eigenvalue weighted by Gasteiger charge is 2.53. The van der Waals surface area contributed by atoms with Gasteiger partial charge in [-0.25, -0.2) is 0 Å². The topological polar surface area (TPSA) is 43.4 Å². The van der Waals surface area contributed by atoms with Crippen molar-refractivity contribution >= 4 is 43.5 Å². The number of allylic oxidation sites excluding steroid dienone is 2. The maximum absolute atomic E-state index is 12.9. The highest BCUT2D eigenvalue weighted by molar-refractivity contribution is 8.17. The van der Waals surface area contributed by atoms with E-state index < -0.39 is 8.07 Å². The van der Waals surface area contributed by atoms with E-state index in [1.165, 1.54) is 47.1 Å². The van der Waals surface area contributed by atoms with Crippen molar-refractivity contribution in [3.63, 3.8) is 0 Å².